The summed E-state index contributed by atoms with van der Waals surface area (Å²) in [5.41, 5.74) is 3.50. The predicted octanol–water partition coefficient (Wildman–Crippen LogP) is 0.275. The van der Waals surface area contributed by atoms with E-state index in [4.69, 9.17) is 15.7 Å². The fraction of sp³-hybridized carbons (Fsp3) is 1.00. The molecule has 1 aliphatic rings. The summed E-state index contributed by atoms with van der Waals surface area (Å²) in [5, 5.41) is 18.9. The number of nitrogens with zero attached hydrogens (tertiary/aromatic N) is 1. The topological polar surface area (TPSA) is 145 Å². The summed E-state index contributed by atoms with van der Waals surface area (Å²) in [6, 6.07) is 0. The molecular weight excluding hydrogens is 279 g/mol. The molecule has 0 bridgehead atoms. The summed E-state index contributed by atoms with van der Waals surface area (Å²) in [7, 11) is -4.02. The van der Waals surface area contributed by atoms with Crippen LogP contribution in [-0.4, -0.2) is 45.8 Å². The van der Waals surface area contributed by atoms with E-state index in [0.29, 0.717) is 0 Å². The van der Waals surface area contributed by atoms with E-state index in [1.54, 1.807) is 20.8 Å². The molecular formula is C9H21N2O7P. The zero-order valence-electron chi connectivity index (χ0n) is 11.2. The SMILES string of the molecule is CC(C)(N)CO.CCC1([N+](=O)[O-])COP(=O)(O)OC1. The molecule has 1 rings (SSSR count). The second kappa shape index (κ2) is 6.74. The van der Waals surface area contributed by atoms with E-state index in [0.717, 1.165) is 0 Å². The molecule has 1 heterocycles. The van der Waals surface area contributed by atoms with E-state index in [1.165, 1.54) is 0 Å². The first kappa shape index (κ1) is 18.4. The van der Waals surface area contributed by atoms with Gasteiger partial charge < -0.3 is 15.7 Å². The highest BCUT2D eigenvalue weighted by Gasteiger charge is 2.49. The lowest BCUT2D eigenvalue weighted by Gasteiger charge is -2.29. The van der Waals surface area contributed by atoms with E-state index in [2.05, 4.69) is 9.05 Å². The van der Waals surface area contributed by atoms with Crippen LogP contribution in [0.3, 0.4) is 0 Å². The number of hydrogen-bond acceptors (Lipinski definition) is 7. The number of phosphoric acid groups is 1. The Labute approximate surface area is 111 Å². The summed E-state index contributed by atoms with van der Waals surface area (Å²) >= 11 is 0. The van der Waals surface area contributed by atoms with Crippen molar-refractivity contribution in [3.63, 3.8) is 0 Å². The van der Waals surface area contributed by atoms with Crippen LogP contribution in [0.15, 0.2) is 0 Å². The second-order valence-electron chi connectivity index (χ2n) is 5.00. The van der Waals surface area contributed by atoms with E-state index < -0.39 is 23.8 Å². The van der Waals surface area contributed by atoms with Crippen LogP contribution in [0.25, 0.3) is 0 Å². The fourth-order valence-electron chi connectivity index (χ4n) is 0.921. The maximum atomic E-state index is 10.7. The van der Waals surface area contributed by atoms with Crippen LogP contribution >= 0.6 is 7.82 Å². The highest BCUT2D eigenvalue weighted by Crippen LogP contribution is 2.48. The van der Waals surface area contributed by atoms with Crippen LogP contribution < -0.4 is 5.73 Å². The van der Waals surface area contributed by atoms with Crippen molar-refractivity contribution in [1.29, 1.82) is 0 Å². The maximum Gasteiger partial charge on any atom is 0.472 e. The molecule has 114 valence electrons. The van der Waals surface area contributed by atoms with E-state index in [1.807, 2.05) is 0 Å². The molecule has 0 saturated carbocycles. The van der Waals surface area contributed by atoms with Crippen molar-refractivity contribution in [2.24, 2.45) is 5.73 Å². The van der Waals surface area contributed by atoms with E-state index in [-0.39, 0.29) is 26.2 Å². The van der Waals surface area contributed by atoms with Crippen LogP contribution in [-0.2, 0) is 13.6 Å². The normalized spacial score (nSPS) is 31.3. The number of nitrogens with two attached hydrogens (primary N) is 1. The standard InChI is InChI=1S/C5H10NO6P.C4H11NO/c1-2-5(6(7)8)3-11-13(9,10)12-4-5;1-4(2,5)3-6/h2-4H2,1H3,(H,9,10);6H,3,5H2,1-2H3. The lowest BCUT2D eigenvalue weighted by Crippen LogP contribution is -2.48. The average molecular weight is 300 g/mol. The number of aliphatic hydroxyl groups is 1. The van der Waals surface area contributed by atoms with Gasteiger partial charge in [0.1, 0.15) is 13.2 Å². The third-order valence-corrected chi connectivity index (χ3v) is 3.36. The summed E-state index contributed by atoms with van der Waals surface area (Å²) < 4.78 is 19.5. The van der Waals surface area contributed by atoms with Crippen molar-refractivity contribution in [3.8, 4) is 0 Å². The van der Waals surface area contributed by atoms with Gasteiger partial charge in [0.15, 0.2) is 0 Å². The van der Waals surface area contributed by atoms with Crippen molar-refractivity contribution in [1.82, 2.24) is 0 Å². The van der Waals surface area contributed by atoms with Crippen molar-refractivity contribution >= 4 is 7.82 Å². The quantitative estimate of drug-likeness (QED) is 0.382. The Morgan fingerprint density at radius 2 is 1.84 bits per heavy atom. The van der Waals surface area contributed by atoms with Gasteiger partial charge in [-0.05, 0) is 13.8 Å². The predicted molar refractivity (Wildman–Crippen MR) is 67.1 cm³/mol. The Balaban J connectivity index is 0.000000459. The molecule has 0 amide bonds. The minimum absolute atomic E-state index is 0.0486. The molecule has 0 spiro atoms. The zero-order chi connectivity index (χ0) is 15.3. The van der Waals surface area contributed by atoms with E-state index >= 15 is 0 Å². The fourth-order valence-corrected chi connectivity index (χ4v) is 1.80. The lowest BCUT2D eigenvalue weighted by molar-refractivity contribution is -0.579. The summed E-state index contributed by atoms with van der Waals surface area (Å²) in [4.78, 5) is 18.8. The van der Waals surface area contributed by atoms with Crippen molar-refractivity contribution in [2.75, 3.05) is 19.8 Å². The maximum absolute atomic E-state index is 10.7. The minimum atomic E-state index is -4.02. The Kier molecular flexibility index (Phi) is 6.53. The third kappa shape index (κ3) is 6.42. The highest BCUT2D eigenvalue weighted by atomic mass is 31.2. The third-order valence-electron chi connectivity index (χ3n) is 2.45. The van der Waals surface area contributed by atoms with Crippen molar-refractivity contribution in [3.05, 3.63) is 10.1 Å². The number of rotatable bonds is 3. The Morgan fingerprint density at radius 3 is 2.05 bits per heavy atom. The van der Waals surface area contributed by atoms with Gasteiger partial charge >= 0.3 is 7.82 Å². The van der Waals surface area contributed by atoms with Gasteiger partial charge in [-0.2, -0.15) is 0 Å². The molecule has 0 radical (unpaired) electrons. The van der Waals surface area contributed by atoms with Gasteiger partial charge in [-0.3, -0.25) is 19.2 Å². The van der Waals surface area contributed by atoms with Crippen molar-refractivity contribution < 1.29 is 28.5 Å². The lowest BCUT2D eigenvalue weighted by atomic mass is 10.0. The largest absolute Gasteiger partial charge is 0.472 e. The smallest absolute Gasteiger partial charge is 0.394 e. The second-order valence-corrected chi connectivity index (χ2v) is 6.45. The monoisotopic (exact) mass is 300 g/mol. The first-order chi connectivity index (χ1) is 8.48. The van der Waals surface area contributed by atoms with Gasteiger partial charge in [0.25, 0.3) is 5.54 Å². The molecule has 10 heteroatoms. The Bertz CT molecular complexity index is 343. The minimum Gasteiger partial charge on any atom is -0.394 e. The first-order valence-electron chi connectivity index (χ1n) is 5.64. The van der Waals surface area contributed by atoms with Crippen LogP contribution in [0, 0.1) is 10.1 Å². The highest BCUT2D eigenvalue weighted by molar-refractivity contribution is 7.47. The van der Waals surface area contributed by atoms with Gasteiger partial charge in [-0.1, -0.05) is 6.92 Å². The molecule has 1 aliphatic heterocycles. The Hall–Kier alpha value is -0.570. The first-order valence-corrected chi connectivity index (χ1v) is 7.14. The molecule has 19 heavy (non-hydrogen) atoms. The molecule has 4 N–H and O–H groups in total. The summed E-state index contributed by atoms with van der Waals surface area (Å²) in [6.07, 6.45) is 0.194. The van der Waals surface area contributed by atoms with E-state index in [9.17, 15) is 14.7 Å². The van der Waals surface area contributed by atoms with Gasteiger partial charge in [-0.25, -0.2) is 4.57 Å². The van der Waals surface area contributed by atoms with Crippen LogP contribution in [0.1, 0.15) is 27.2 Å². The number of phosphoric ester groups is 1. The molecule has 0 aromatic carbocycles. The van der Waals surface area contributed by atoms with Gasteiger partial charge in [0.2, 0.25) is 0 Å². The van der Waals surface area contributed by atoms with Crippen LogP contribution in [0.4, 0.5) is 0 Å². The molecule has 0 aliphatic carbocycles. The zero-order valence-corrected chi connectivity index (χ0v) is 12.1. The van der Waals surface area contributed by atoms with Gasteiger partial charge in [-0.15, -0.1) is 0 Å². The molecule has 1 saturated heterocycles. The average Bonchev–Trinajstić information content (AvgIpc) is 2.29. The van der Waals surface area contributed by atoms with Crippen LogP contribution in [0.5, 0.6) is 0 Å². The molecule has 0 aromatic heterocycles. The molecule has 1 fully saturated rings. The van der Waals surface area contributed by atoms with Crippen molar-refractivity contribution in [2.45, 2.75) is 38.3 Å². The number of nitro groups is 1. The summed E-state index contributed by atoms with van der Waals surface area (Å²) in [6.45, 7) is 4.42. The number of hydrogen-bond donors (Lipinski definition) is 3. The molecule has 9 nitrogen and oxygen atoms in total. The van der Waals surface area contributed by atoms with Crippen LogP contribution in [0.2, 0.25) is 0 Å². The Morgan fingerprint density at radius 1 is 1.47 bits per heavy atom. The molecule has 0 aromatic rings. The number of aliphatic hydroxyl groups excluding tert-OH is 1. The molecule has 0 unspecified atom stereocenters. The van der Waals surface area contributed by atoms with Gasteiger partial charge in [0.05, 0.1) is 6.61 Å². The summed E-state index contributed by atoms with van der Waals surface area (Å²) in [5.74, 6) is 0. The molecule has 0 atom stereocenters. The van der Waals surface area contributed by atoms with Gasteiger partial charge in [0, 0.05) is 16.9 Å².